The zero-order valence-corrected chi connectivity index (χ0v) is 7.60. The van der Waals surface area contributed by atoms with Gasteiger partial charge in [-0.25, -0.2) is 4.39 Å². The minimum atomic E-state index is -0.675. The van der Waals surface area contributed by atoms with E-state index in [1.807, 2.05) is 45.2 Å². The Morgan fingerprint density at radius 1 is 1.50 bits per heavy atom. The molecular weight excluding hydrogens is 309 g/mol. The summed E-state index contributed by atoms with van der Waals surface area (Å²) in [6.45, 7) is 1.56. The third kappa shape index (κ3) is 3.58. The van der Waals surface area contributed by atoms with Gasteiger partial charge in [0.15, 0.2) is 0 Å². The maximum Gasteiger partial charge on any atom is 0.118 e. The average Bonchev–Trinajstić information content (AvgIpc) is 1.36. The average molecular weight is 314 g/mol. The first-order valence-corrected chi connectivity index (χ1v) is 4.06. The molecule has 6 heavy (non-hydrogen) atoms. The molecule has 0 nitrogen and oxygen atoms in total. The minimum absolute atomic E-state index is 0.125. The third-order valence-electron chi connectivity index (χ3n) is 0.347. The van der Waals surface area contributed by atoms with E-state index in [-0.39, 0.29) is 1.93 Å². The summed E-state index contributed by atoms with van der Waals surface area (Å²) >= 11 is 4.09. The molecular formula is C3H5FI2. The highest BCUT2D eigenvalue weighted by atomic mass is 127. The number of alkyl halides is 3. The van der Waals surface area contributed by atoms with Crippen molar-refractivity contribution >= 4 is 45.2 Å². The van der Waals surface area contributed by atoms with Crippen LogP contribution in [-0.4, -0.2) is 8.10 Å². The molecule has 0 saturated carbocycles. The Balaban J connectivity index is 2.99. The van der Waals surface area contributed by atoms with Crippen LogP contribution in [0, 0.1) is 0 Å². The third-order valence-corrected chi connectivity index (χ3v) is 2.33. The highest BCUT2D eigenvalue weighted by Crippen LogP contribution is 2.16. The Bertz CT molecular complexity index is 29.8. The molecule has 0 aromatic rings. The second-order valence-corrected chi connectivity index (χ2v) is 6.08. The molecule has 0 N–H and O–H groups in total. The molecule has 0 aliphatic heterocycles. The van der Waals surface area contributed by atoms with Crippen LogP contribution in [0.15, 0.2) is 0 Å². The van der Waals surface area contributed by atoms with E-state index in [0.717, 1.165) is 0 Å². The quantitative estimate of drug-likeness (QED) is 0.515. The van der Waals surface area contributed by atoms with Gasteiger partial charge in [0.05, 0.1) is 1.93 Å². The van der Waals surface area contributed by atoms with Crippen LogP contribution in [-0.2, 0) is 0 Å². The number of hydrogen-bond acceptors (Lipinski definition) is 0. The summed E-state index contributed by atoms with van der Waals surface area (Å²) in [4.78, 5) is 0. The Kier molecular flexibility index (Phi) is 4.19. The summed E-state index contributed by atoms with van der Waals surface area (Å²) in [6.07, 6.45) is -0.675. The molecule has 0 aromatic heterocycles. The van der Waals surface area contributed by atoms with Gasteiger partial charge in [0.1, 0.15) is 6.17 Å². The van der Waals surface area contributed by atoms with Crippen LogP contribution >= 0.6 is 45.2 Å². The van der Waals surface area contributed by atoms with Crippen LogP contribution in [0.25, 0.3) is 0 Å². The molecule has 0 bridgehead atoms. The van der Waals surface area contributed by atoms with Crippen LogP contribution in [0.5, 0.6) is 0 Å². The maximum atomic E-state index is 11.8. The SMILES string of the molecule is CC(F)C(I)I. The molecule has 0 rings (SSSR count). The first-order valence-electron chi connectivity index (χ1n) is 1.57. The van der Waals surface area contributed by atoms with Crippen molar-refractivity contribution in [2.45, 2.75) is 15.0 Å². The molecule has 0 aliphatic carbocycles. The van der Waals surface area contributed by atoms with Crippen LogP contribution in [0.2, 0.25) is 0 Å². The van der Waals surface area contributed by atoms with E-state index in [1.165, 1.54) is 0 Å². The fraction of sp³-hybridized carbons (Fsp3) is 1.00. The van der Waals surface area contributed by atoms with Crippen molar-refractivity contribution in [2.24, 2.45) is 0 Å². The molecule has 0 spiro atoms. The van der Waals surface area contributed by atoms with E-state index in [1.54, 1.807) is 6.92 Å². The van der Waals surface area contributed by atoms with Crippen molar-refractivity contribution < 1.29 is 4.39 Å². The first-order chi connectivity index (χ1) is 2.64. The molecule has 1 unspecified atom stereocenters. The molecule has 0 fully saturated rings. The Morgan fingerprint density at radius 2 is 1.67 bits per heavy atom. The smallest absolute Gasteiger partial charge is 0.118 e. The van der Waals surface area contributed by atoms with Gasteiger partial charge in [0.2, 0.25) is 0 Å². The fourth-order valence-electron chi connectivity index (χ4n) is 0. The van der Waals surface area contributed by atoms with Gasteiger partial charge >= 0.3 is 0 Å². The van der Waals surface area contributed by atoms with Gasteiger partial charge in [-0.15, -0.1) is 0 Å². The van der Waals surface area contributed by atoms with Crippen LogP contribution in [0.4, 0.5) is 4.39 Å². The topological polar surface area (TPSA) is 0 Å². The normalized spacial score (nSPS) is 15.5. The van der Waals surface area contributed by atoms with E-state index in [4.69, 9.17) is 0 Å². The zero-order valence-electron chi connectivity index (χ0n) is 3.29. The molecule has 0 aliphatic rings. The van der Waals surface area contributed by atoms with Gasteiger partial charge in [-0.05, 0) is 6.92 Å². The Hall–Kier alpha value is 1.39. The summed E-state index contributed by atoms with van der Waals surface area (Å²) < 4.78 is 11.9. The van der Waals surface area contributed by atoms with Gasteiger partial charge < -0.3 is 0 Å². The van der Waals surface area contributed by atoms with Crippen molar-refractivity contribution in [3.8, 4) is 0 Å². The van der Waals surface area contributed by atoms with Gasteiger partial charge in [0, 0.05) is 0 Å². The zero-order chi connectivity index (χ0) is 5.15. The maximum absolute atomic E-state index is 11.8. The highest BCUT2D eigenvalue weighted by molar-refractivity contribution is 14.2. The highest BCUT2D eigenvalue weighted by Gasteiger charge is 2.04. The minimum Gasteiger partial charge on any atom is -0.246 e. The lowest BCUT2D eigenvalue weighted by Gasteiger charge is -1.97. The molecule has 0 saturated heterocycles. The summed E-state index contributed by atoms with van der Waals surface area (Å²) in [7, 11) is 0. The van der Waals surface area contributed by atoms with Crippen molar-refractivity contribution in [1.82, 2.24) is 0 Å². The molecule has 0 amide bonds. The Labute approximate surface area is 64.2 Å². The monoisotopic (exact) mass is 314 g/mol. The van der Waals surface area contributed by atoms with E-state index >= 15 is 0 Å². The standard InChI is InChI=1S/C3H5FI2/c1-2(4)3(5)6/h2-3H,1H3. The first kappa shape index (κ1) is 7.39. The summed E-state index contributed by atoms with van der Waals surface area (Å²) in [5, 5.41) is 0. The lowest BCUT2D eigenvalue weighted by atomic mass is 10.5. The molecule has 0 aromatic carbocycles. The van der Waals surface area contributed by atoms with Gasteiger partial charge in [-0.2, -0.15) is 0 Å². The predicted octanol–water partition coefficient (Wildman–Crippen LogP) is 2.54. The predicted molar refractivity (Wildman–Crippen MR) is 42.4 cm³/mol. The van der Waals surface area contributed by atoms with E-state index < -0.39 is 6.17 Å². The van der Waals surface area contributed by atoms with Crippen molar-refractivity contribution in [3.63, 3.8) is 0 Å². The number of halogens is 3. The second-order valence-electron chi connectivity index (χ2n) is 1.01. The molecule has 0 heterocycles. The van der Waals surface area contributed by atoms with E-state index in [0.29, 0.717) is 0 Å². The van der Waals surface area contributed by atoms with Gasteiger partial charge in [-0.1, -0.05) is 45.2 Å². The van der Waals surface area contributed by atoms with Crippen LogP contribution in [0.3, 0.4) is 0 Å². The number of rotatable bonds is 1. The second kappa shape index (κ2) is 3.40. The fourth-order valence-corrected chi connectivity index (χ4v) is 0. The Morgan fingerprint density at radius 3 is 1.67 bits per heavy atom. The molecule has 0 radical (unpaired) electrons. The van der Waals surface area contributed by atoms with Crippen molar-refractivity contribution in [3.05, 3.63) is 0 Å². The van der Waals surface area contributed by atoms with Gasteiger partial charge in [0.25, 0.3) is 0 Å². The van der Waals surface area contributed by atoms with Crippen LogP contribution < -0.4 is 0 Å². The summed E-state index contributed by atoms with van der Waals surface area (Å²) in [6, 6.07) is 0. The summed E-state index contributed by atoms with van der Waals surface area (Å²) in [5.74, 6) is 0. The van der Waals surface area contributed by atoms with E-state index in [2.05, 4.69) is 0 Å². The summed E-state index contributed by atoms with van der Waals surface area (Å²) in [5.41, 5.74) is 0. The molecule has 1 atom stereocenters. The molecule has 38 valence electrons. The lowest BCUT2D eigenvalue weighted by Crippen LogP contribution is -2.00. The van der Waals surface area contributed by atoms with E-state index in [9.17, 15) is 4.39 Å². The molecule has 3 heteroatoms. The van der Waals surface area contributed by atoms with Crippen molar-refractivity contribution in [1.29, 1.82) is 0 Å². The largest absolute Gasteiger partial charge is 0.246 e. The lowest BCUT2D eigenvalue weighted by molar-refractivity contribution is 0.397. The van der Waals surface area contributed by atoms with Gasteiger partial charge in [-0.3, -0.25) is 0 Å². The number of hydrogen-bond donors (Lipinski definition) is 0. The van der Waals surface area contributed by atoms with Crippen LogP contribution in [0.1, 0.15) is 6.92 Å². The van der Waals surface area contributed by atoms with Crippen molar-refractivity contribution in [2.75, 3.05) is 0 Å².